The summed E-state index contributed by atoms with van der Waals surface area (Å²) >= 11 is 0. The van der Waals surface area contributed by atoms with E-state index < -0.39 is 5.82 Å². The van der Waals surface area contributed by atoms with E-state index in [1.165, 1.54) is 12.3 Å². The van der Waals surface area contributed by atoms with Crippen molar-refractivity contribution in [1.82, 2.24) is 19.7 Å². The Kier molecular flexibility index (Phi) is 4.90. The van der Waals surface area contributed by atoms with Crippen LogP contribution in [0.3, 0.4) is 0 Å². The zero-order valence-electron chi connectivity index (χ0n) is 15.6. The van der Waals surface area contributed by atoms with Crippen molar-refractivity contribution in [2.24, 2.45) is 0 Å². The summed E-state index contributed by atoms with van der Waals surface area (Å²) in [6.07, 6.45) is 1.71. The lowest BCUT2D eigenvalue weighted by molar-refractivity contribution is -0.116. The van der Waals surface area contributed by atoms with Gasteiger partial charge in [0.25, 0.3) is 5.56 Å². The lowest BCUT2D eigenvalue weighted by Crippen LogP contribution is -2.17. The molecule has 0 fully saturated rings. The molecule has 0 atom stereocenters. The third-order valence-corrected chi connectivity index (χ3v) is 4.47. The van der Waals surface area contributed by atoms with E-state index in [0.29, 0.717) is 16.9 Å². The molecule has 0 radical (unpaired) electrons. The van der Waals surface area contributed by atoms with Gasteiger partial charge in [-0.1, -0.05) is 24.3 Å². The first-order valence-corrected chi connectivity index (χ1v) is 9.09. The maximum absolute atomic E-state index is 13.8. The van der Waals surface area contributed by atoms with Crippen LogP contribution in [0.15, 0.2) is 59.5 Å². The third-order valence-electron chi connectivity index (χ3n) is 4.47. The predicted molar refractivity (Wildman–Crippen MR) is 108 cm³/mol. The number of amides is 1. The standard InChI is InChI=1S/C21H18FN5O2/c1-13-7-8-16(22)17(11-13)24-19(28)10-9-18-25-20-15(21(29)26-18)12-23-27(20)14-5-3-2-4-6-14/h2-8,11-12H,9-10H2,1H3,(H,24,28)(H,25,26,29). The molecule has 0 bridgehead atoms. The van der Waals surface area contributed by atoms with Crippen molar-refractivity contribution < 1.29 is 9.18 Å². The minimum Gasteiger partial charge on any atom is -0.324 e. The average molecular weight is 391 g/mol. The Labute approximate surface area is 165 Å². The van der Waals surface area contributed by atoms with Crippen molar-refractivity contribution >= 4 is 22.6 Å². The summed E-state index contributed by atoms with van der Waals surface area (Å²) in [7, 11) is 0. The second-order valence-corrected chi connectivity index (χ2v) is 6.67. The van der Waals surface area contributed by atoms with Gasteiger partial charge in [-0.3, -0.25) is 9.59 Å². The Bertz CT molecular complexity index is 1250. The quantitative estimate of drug-likeness (QED) is 0.547. The number of aryl methyl sites for hydroxylation is 2. The summed E-state index contributed by atoms with van der Waals surface area (Å²) in [5.74, 6) is -0.502. The number of carbonyl (C=O) groups excluding carboxylic acids is 1. The lowest BCUT2D eigenvalue weighted by Gasteiger charge is -2.08. The zero-order valence-corrected chi connectivity index (χ0v) is 15.6. The molecule has 0 saturated carbocycles. The average Bonchev–Trinajstić information content (AvgIpc) is 3.14. The van der Waals surface area contributed by atoms with Crippen LogP contribution in [0.1, 0.15) is 17.8 Å². The van der Waals surface area contributed by atoms with E-state index in [0.717, 1.165) is 11.3 Å². The molecule has 0 aliphatic rings. The van der Waals surface area contributed by atoms with Crippen LogP contribution in [-0.4, -0.2) is 25.7 Å². The Balaban J connectivity index is 1.54. The van der Waals surface area contributed by atoms with Crippen LogP contribution in [0, 0.1) is 12.7 Å². The number of para-hydroxylation sites is 1. The van der Waals surface area contributed by atoms with Crippen molar-refractivity contribution in [3.63, 3.8) is 0 Å². The summed E-state index contributed by atoms with van der Waals surface area (Å²) in [4.78, 5) is 31.7. The van der Waals surface area contributed by atoms with E-state index in [4.69, 9.17) is 0 Å². The van der Waals surface area contributed by atoms with E-state index in [-0.39, 0.29) is 30.0 Å². The highest BCUT2D eigenvalue weighted by atomic mass is 19.1. The van der Waals surface area contributed by atoms with Crippen molar-refractivity contribution in [2.75, 3.05) is 5.32 Å². The van der Waals surface area contributed by atoms with Gasteiger partial charge in [0.1, 0.15) is 17.0 Å². The van der Waals surface area contributed by atoms with Crippen LogP contribution < -0.4 is 10.9 Å². The first-order valence-electron chi connectivity index (χ1n) is 9.09. The number of anilines is 1. The molecule has 2 aromatic heterocycles. The predicted octanol–water partition coefficient (Wildman–Crippen LogP) is 3.13. The topological polar surface area (TPSA) is 92.7 Å². The SMILES string of the molecule is Cc1ccc(F)c(NC(=O)CCc2nc3c(cnn3-c3ccccc3)c(=O)[nH]2)c1. The van der Waals surface area contributed by atoms with Crippen LogP contribution in [-0.2, 0) is 11.2 Å². The fourth-order valence-electron chi connectivity index (χ4n) is 3.02. The van der Waals surface area contributed by atoms with Crippen LogP contribution >= 0.6 is 0 Å². The van der Waals surface area contributed by atoms with Crippen molar-refractivity contribution in [3.05, 3.63) is 82.3 Å². The molecule has 4 rings (SSSR count). The van der Waals surface area contributed by atoms with Gasteiger partial charge in [0, 0.05) is 12.8 Å². The Morgan fingerprint density at radius 1 is 1.21 bits per heavy atom. The highest BCUT2D eigenvalue weighted by Crippen LogP contribution is 2.17. The number of H-pyrrole nitrogens is 1. The molecule has 0 aliphatic heterocycles. The molecule has 29 heavy (non-hydrogen) atoms. The van der Waals surface area contributed by atoms with Crippen LogP contribution in [0.5, 0.6) is 0 Å². The molecule has 7 nitrogen and oxygen atoms in total. The Hall–Kier alpha value is -3.81. The fourth-order valence-corrected chi connectivity index (χ4v) is 3.02. The zero-order chi connectivity index (χ0) is 20.4. The summed E-state index contributed by atoms with van der Waals surface area (Å²) in [6.45, 7) is 1.81. The first-order chi connectivity index (χ1) is 14.0. The smallest absolute Gasteiger partial charge is 0.262 e. The van der Waals surface area contributed by atoms with E-state index in [2.05, 4.69) is 20.4 Å². The number of nitrogens with zero attached hydrogens (tertiary/aromatic N) is 3. The number of fused-ring (bicyclic) bond motifs is 1. The number of hydrogen-bond donors (Lipinski definition) is 2. The molecule has 2 heterocycles. The van der Waals surface area contributed by atoms with Gasteiger partial charge in [-0.15, -0.1) is 0 Å². The van der Waals surface area contributed by atoms with E-state index in [1.54, 1.807) is 16.8 Å². The summed E-state index contributed by atoms with van der Waals surface area (Å²) < 4.78 is 15.4. The van der Waals surface area contributed by atoms with E-state index in [9.17, 15) is 14.0 Å². The Morgan fingerprint density at radius 2 is 2.00 bits per heavy atom. The molecule has 0 aliphatic carbocycles. The molecule has 8 heteroatoms. The van der Waals surface area contributed by atoms with Crippen molar-refractivity contribution in [2.45, 2.75) is 19.8 Å². The first kappa shape index (κ1) is 18.5. The van der Waals surface area contributed by atoms with Crippen molar-refractivity contribution in [1.29, 1.82) is 0 Å². The highest BCUT2D eigenvalue weighted by Gasteiger charge is 2.13. The molecule has 0 saturated heterocycles. The molecular formula is C21H18FN5O2. The maximum atomic E-state index is 13.8. The minimum atomic E-state index is -0.497. The third kappa shape index (κ3) is 3.91. The highest BCUT2D eigenvalue weighted by molar-refractivity contribution is 5.91. The van der Waals surface area contributed by atoms with Gasteiger partial charge < -0.3 is 10.3 Å². The summed E-state index contributed by atoms with van der Waals surface area (Å²) in [5, 5.41) is 7.17. The summed E-state index contributed by atoms with van der Waals surface area (Å²) in [5.41, 5.74) is 1.85. The molecule has 4 aromatic rings. The second kappa shape index (κ2) is 7.67. The van der Waals surface area contributed by atoms with Gasteiger partial charge in [0.05, 0.1) is 17.6 Å². The van der Waals surface area contributed by atoms with E-state index >= 15 is 0 Å². The Morgan fingerprint density at radius 3 is 2.79 bits per heavy atom. The molecule has 2 N–H and O–H groups in total. The normalized spacial score (nSPS) is 11.0. The van der Waals surface area contributed by atoms with E-state index in [1.807, 2.05) is 37.3 Å². The molecule has 146 valence electrons. The number of rotatable bonds is 5. The largest absolute Gasteiger partial charge is 0.324 e. The monoisotopic (exact) mass is 391 g/mol. The minimum absolute atomic E-state index is 0.0430. The lowest BCUT2D eigenvalue weighted by atomic mass is 10.2. The number of carbonyl (C=O) groups is 1. The fraction of sp³-hybridized carbons (Fsp3) is 0.143. The number of hydrogen-bond acceptors (Lipinski definition) is 4. The number of benzene rings is 2. The van der Waals surface area contributed by atoms with Gasteiger partial charge in [-0.2, -0.15) is 5.10 Å². The van der Waals surface area contributed by atoms with Crippen LogP contribution in [0.25, 0.3) is 16.7 Å². The van der Waals surface area contributed by atoms with Crippen LogP contribution in [0.4, 0.5) is 10.1 Å². The molecule has 0 unspecified atom stereocenters. The van der Waals surface area contributed by atoms with Gasteiger partial charge in [-0.25, -0.2) is 14.1 Å². The number of aromatic amines is 1. The number of halogens is 1. The van der Waals surface area contributed by atoms with Crippen LogP contribution in [0.2, 0.25) is 0 Å². The van der Waals surface area contributed by atoms with Gasteiger partial charge in [-0.05, 0) is 36.8 Å². The van der Waals surface area contributed by atoms with Gasteiger partial charge in [0.2, 0.25) is 5.91 Å². The molecule has 1 amide bonds. The molecule has 0 spiro atoms. The summed E-state index contributed by atoms with van der Waals surface area (Å²) in [6, 6.07) is 13.8. The molecular weight excluding hydrogens is 373 g/mol. The van der Waals surface area contributed by atoms with Gasteiger partial charge in [0.15, 0.2) is 5.65 Å². The maximum Gasteiger partial charge on any atom is 0.262 e. The second-order valence-electron chi connectivity index (χ2n) is 6.67. The van der Waals surface area contributed by atoms with Gasteiger partial charge >= 0.3 is 0 Å². The van der Waals surface area contributed by atoms with Crippen molar-refractivity contribution in [3.8, 4) is 5.69 Å². The molecule has 2 aromatic carbocycles. The number of aromatic nitrogens is 4. The number of nitrogens with one attached hydrogen (secondary N) is 2.